The maximum atomic E-state index is 5.51. The van der Waals surface area contributed by atoms with Gasteiger partial charge in [0.1, 0.15) is 0 Å². The molecule has 0 unspecified atom stereocenters. The third kappa shape index (κ3) is 1.05. The van der Waals surface area contributed by atoms with Gasteiger partial charge in [0.05, 0.1) is 12.1 Å². The van der Waals surface area contributed by atoms with Crippen LogP contribution in [0, 0.1) is 0 Å². The van der Waals surface area contributed by atoms with Gasteiger partial charge < -0.3 is 14.5 Å². The van der Waals surface area contributed by atoms with Crippen LogP contribution < -0.4 is 9.47 Å². The van der Waals surface area contributed by atoms with Gasteiger partial charge in [-0.2, -0.15) is 0 Å². The number of fused-ring (bicyclic) bond motifs is 3. The number of nitrogens with one attached hydrogen (secondary N) is 1. The quantitative estimate of drug-likeness (QED) is 0.643. The van der Waals surface area contributed by atoms with E-state index in [4.69, 9.17) is 9.47 Å². The fourth-order valence-electron chi connectivity index (χ4n) is 1.59. The van der Waals surface area contributed by atoms with Gasteiger partial charge in [0.2, 0.25) is 0 Å². The van der Waals surface area contributed by atoms with Crippen LogP contribution in [-0.2, 0) is 0 Å². The molecule has 1 aliphatic heterocycles. The normalized spacial score (nSPS) is 12.4. The van der Waals surface area contributed by atoms with Gasteiger partial charge in [-0.3, -0.25) is 0 Å². The summed E-state index contributed by atoms with van der Waals surface area (Å²) in [5.74, 6) is 2.80. The van der Waals surface area contributed by atoms with Crippen LogP contribution in [0.25, 0.3) is 10.9 Å². The maximum Gasteiger partial charge on any atom is 0.191 e. The van der Waals surface area contributed by atoms with Crippen molar-refractivity contribution in [1.29, 1.82) is 0 Å². The van der Waals surface area contributed by atoms with Gasteiger partial charge in [-0.1, -0.05) is 6.92 Å². The molecule has 3 rings (SSSR count). The van der Waals surface area contributed by atoms with Crippen LogP contribution in [0.1, 0.15) is 13.3 Å². The van der Waals surface area contributed by atoms with Gasteiger partial charge in [-0.05, 0) is 18.6 Å². The van der Waals surface area contributed by atoms with E-state index in [2.05, 4.69) is 11.9 Å². The Morgan fingerprint density at radius 1 is 1.43 bits per heavy atom. The van der Waals surface area contributed by atoms with E-state index in [1.165, 1.54) is 0 Å². The molecule has 2 aromatic rings. The van der Waals surface area contributed by atoms with Crippen molar-refractivity contribution in [2.45, 2.75) is 13.3 Å². The van der Waals surface area contributed by atoms with Crippen molar-refractivity contribution in [3.63, 3.8) is 0 Å². The molecule has 1 N–H and O–H groups in total. The van der Waals surface area contributed by atoms with Gasteiger partial charge >= 0.3 is 0 Å². The molecule has 0 amide bonds. The molecule has 3 heteroatoms. The molecule has 14 heavy (non-hydrogen) atoms. The molecular weight excluding hydrogens is 178 g/mol. The largest absolute Gasteiger partial charge is 0.479 e. The van der Waals surface area contributed by atoms with Gasteiger partial charge in [-0.15, -0.1) is 0 Å². The Kier molecular flexibility index (Phi) is 1.48. The molecule has 3 nitrogen and oxygen atoms in total. The van der Waals surface area contributed by atoms with E-state index in [1.807, 2.05) is 18.2 Å². The molecular formula is C11H11NO2. The number of hydrogen-bond donors (Lipinski definition) is 1. The lowest BCUT2D eigenvalue weighted by molar-refractivity contribution is 0.308. The van der Waals surface area contributed by atoms with Gasteiger partial charge in [0.15, 0.2) is 17.4 Å². The van der Waals surface area contributed by atoms with Crippen molar-refractivity contribution in [2.75, 3.05) is 6.61 Å². The summed E-state index contributed by atoms with van der Waals surface area (Å²) < 4.78 is 10.8. The van der Waals surface area contributed by atoms with Gasteiger partial charge in [0.25, 0.3) is 0 Å². The molecule has 2 heterocycles. The molecule has 0 saturated carbocycles. The Morgan fingerprint density at radius 3 is 3.21 bits per heavy atom. The summed E-state index contributed by atoms with van der Waals surface area (Å²) in [6.07, 6.45) is 1.02. The van der Waals surface area contributed by atoms with Crippen LogP contribution in [0.4, 0.5) is 0 Å². The van der Waals surface area contributed by atoms with Crippen LogP contribution >= 0.6 is 0 Å². The Morgan fingerprint density at radius 2 is 2.36 bits per heavy atom. The molecule has 1 aliphatic rings. The van der Waals surface area contributed by atoms with Crippen LogP contribution in [0.3, 0.4) is 0 Å². The molecule has 0 aliphatic carbocycles. The highest BCUT2D eigenvalue weighted by Gasteiger charge is 2.24. The third-order valence-corrected chi connectivity index (χ3v) is 2.33. The molecule has 0 spiro atoms. The number of ether oxygens (including phenoxy) is 2. The predicted octanol–water partition coefficient (Wildman–Crippen LogP) is 3.06. The second kappa shape index (κ2) is 2.67. The molecule has 0 bridgehead atoms. The number of aromatic nitrogens is 1. The SMILES string of the molecule is CCCOc1cc2c3c(ccc2[nH]1)O3. The Labute approximate surface area is 81.6 Å². The number of rotatable bonds is 3. The summed E-state index contributed by atoms with van der Waals surface area (Å²) in [6.45, 7) is 2.84. The smallest absolute Gasteiger partial charge is 0.191 e. The van der Waals surface area contributed by atoms with E-state index >= 15 is 0 Å². The highest BCUT2D eigenvalue weighted by molar-refractivity contribution is 5.94. The minimum absolute atomic E-state index is 0.746. The first-order valence-corrected chi connectivity index (χ1v) is 4.85. The van der Waals surface area contributed by atoms with Crippen molar-refractivity contribution in [1.82, 2.24) is 4.98 Å². The standard InChI is InChI=1S/C11H11NO2/c1-2-5-13-10-6-7-8(12-10)3-4-9-11(7)14-9/h3-4,6,12H,2,5H2,1H3. The number of H-pyrrole nitrogens is 1. The second-order valence-corrected chi connectivity index (χ2v) is 3.44. The lowest BCUT2D eigenvalue weighted by Gasteiger charge is -1.98. The first kappa shape index (κ1) is 7.74. The van der Waals surface area contributed by atoms with E-state index in [9.17, 15) is 0 Å². The van der Waals surface area contributed by atoms with E-state index in [0.717, 1.165) is 41.3 Å². The van der Waals surface area contributed by atoms with Crippen LogP contribution in [-0.4, -0.2) is 11.6 Å². The summed E-state index contributed by atoms with van der Waals surface area (Å²) >= 11 is 0. The minimum Gasteiger partial charge on any atom is -0.479 e. The lowest BCUT2D eigenvalue weighted by Crippen LogP contribution is -1.94. The average molecular weight is 189 g/mol. The molecule has 72 valence electrons. The molecule has 1 aromatic heterocycles. The lowest BCUT2D eigenvalue weighted by atomic mass is 10.3. The van der Waals surface area contributed by atoms with E-state index < -0.39 is 0 Å². The van der Waals surface area contributed by atoms with Crippen LogP contribution in [0.15, 0.2) is 18.2 Å². The van der Waals surface area contributed by atoms with Crippen molar-refractivity contribution in [3.05, 3.63) is 18.2 Å². The van der Waals surface area contributed by atoms with Crippen molar-refractivity contribution >= 4 is 10.9 Å². The van der Waals surface area contributed by atoms with Crippen molar-refractivity contribution in [2.24, 2.45) is 0 Å². The topological polar surface area (TPSA) is 37.5 Å². The molecule has 0 atom stereocenters. The Balaban J connectivity index is 2.01. The van der Waals surface area contributed by atoms with E-state index in [0.29, 0.717) is 0 Å². The number of aromatic amines is 1. The zero-order valence-corrected chi connectivity index (χ0v) is 7.96. The maximum absolute atomic E-state index is 5.51. The molecule has 0 fully saturated rings. The highest BCUT2D eigenvalue weighted by Crippen LogP contribution is 2.50. The van der Waals surface area contributed by atoms with Crippen LogP contribution in [0.2, 0.25) is 0 Å². The number of hydrogen-bond acceptors (Lipinski definition) is 2. The first-order valence-electron chi connectivity index (χ1n) is 4.85. The van der Waals surface area contributed by atoms with Gasteiger partial charge in [-0.25, -0.2) is 0 Å². The fraction of sp³-hybridized carbons (Fsp3) is 0.273. The summed E-state index contributed by atoms with van der Waals surface area (Å²) in [5, 5.41) is 1.12. The summed E-state index contributed by atoms with van der Waals surface area (Å²) in [4.78, 5) is 3.20. The van der Waals surface area contributed by atoms with Crippen molar-refractivity contribution in [3.8, 4) is 17.4 Å². The zero-order chi connectivity index (χ0) is 9.54. The summed E-state index contributed by atoms with van der Waals surface area (Å²) in [6, 6.07) is 5.98. The average Bonchev–Trinajstić information content (AvgIpc) is 2.88. The van der Waals surface area contributed by atoms with Gasteiger partial charge in [0, 0.05) is 11.5 Å². The van der Waals surface area contributed by atoms with E-state index in [1.54, 1.807) is 0 Å². The second-order valence-electron chi connectivity index (χ2n) is 3.44. The highest BCUT2D eigenvalue weighted by atomic mass is 16.6. The zero-order valence-electron chi connectivity index (χ0n) is 7.96. The molecule has 1 aromatic carbocycles. The summed E-state index contributed by atoms with van der Waals surface area (Å²) in [5.41, 5.74) is 1.08. The summed E-state index contributed by atoms with van der Waals surface area (Å²) in [7, 11) is 0. The third-order valence-electron chi connectivity index (χ3n) is 2.33. The van der Waals surface area contributed by atoms with E-state index in [-0.39, 0.29) is 0 Å². The minimum atomic E-state index is 0.746. The Bertz CT molecular complexity index is 487. The fourth-order valence-corrected chi connectivity index (χ4v) is 1.59. The predicted molar refractivity (Wildman–Crippen MR) is 54.2 cm³/mol. The molecule has 0 saturated heterocycles. The van der Waals surface area contributed by atoms with Crippen LogP contribution in [0.5, 0.6) is 17.4 Å². The van der Waals surface area contributed by atoms with Crippen molar-refractivity contribution < 1.29 is 9.47 Å². The first-order chi connectivity index (χ1) is 6.88. The Hall–Kier alpha value is -1.64. The molecule has 0 radical (unpaired) electrons. The number of benzene rings is 1. The monoisotopic (exact) mass is 189 g/mol.